The van der Waals surface area contributed by atoms with E-state index < -0.39 is 11.9 Å². The van der Waals surface area contributed by atoms with Crippen LogP contribution in [0.2, 0.25) is 0 Å². The van der Waals surface area contributed by atoms with E-state index in [9.17, 15) is 9.59 Å². The number of aliphatic imine (C=N–C) groups is 2. The molecule has 206 valence electrons. The van der Waals surface area contributed by atoms with Gasteiger partial charge in [0.05, 0.1) is 22.5 Å². The number of para-hydroxylation sites is 2. The van der Waals surface area contributed by atoms with Gasteiger partial charge in [-0.25, -0.2) is 9.59 Å². The third-order valence-electron chi connectivity index (χ3n) is 6.48. The quantitative estimate of drug-likeness (QED) is 0.110. The van der Waals surface area contributed by atoms with Gasteiger partial charge in [0.2, 0.25) is 0 Å². The van der Waals surface area contributed by atoms with Crippen molar-refractivity contribution in [2.45, 2.75) is 13.8 Å². The van der Waals surface area contributed by atoms with Gasteiger partial charge in [-0.2, -0.15) is 0 Å². The van der Waals surface area contributed by atoms with Crippen molar-refractivity contribution in [3.8, 4) is 11.5 Å². The second-order valence-electron chi connectivity index (χ2n) is 9.55. The monoisotopic (exact) mass is 552 g/mol. The maximum Gasteiger partial charge on any atom is 0.344 e. The van der Waals surface area contributed by atoms with Crippen LogP contribution < -0.4 is 9.47 Å². The zero-order valence-electron chi connectivity index (χ0n) is 23.2. The van der Waals surface area contributed by atoms with E-state index in [-0.39, 0.29) is 11.1 Å². The molecule has 0 aliphatic rings. The SMILES string of the molecule is Cc1ccccc1N=Cc1ccc(OC(=O)c2ccccc2C(=O)Oc2ccc(C=Nc3ccccc3C)cc2)cc1. The molecule has 0 aliphatic carbocycles. The molecule has 6 heteroatoms. The van der Waals surface area contributed by atoms with E-state index in [1.165, 1.54) is 12.1 Å². The summed E-state index contributed by atoms with van der Waals surface area (Å²) >= 11 is 0. The largest absolute Gasteiger partial charge is 0.423 e. The Morgan fingerprint density at radius 1 is 0.500 bits per heavy atom. The van der Waals surface area contributed by atoms with Crippen LogP contribution in [-0.2, 0) is 0 Å². The molecule has 0 saturated heterocycles. The number of carbonyl (C=O) groups excluding carboxylic acids is 2. The Kier molecular flexibility index (Phi) is 8.75. The van der Waals surface area contributed by atoms with E-state index in [1.807, 2.05) is 62.4 Å². The molecule has 0 saturated carbocycles. The van der Waals surface area contributed by atoms with Crippen LogP contribution in [0.15, 0.2) is 131 Å². The summed E-state index contributed by atoms with van der Waals surface area (Å²) in [5, 5.41) is 0. The summed E-state index contributed by atoms with van der Waals surface area (Å²) in [6.45, 7) is 4.01. The minimum atomic E-state index is -0.661. The molecule has 6 nitrogen and oxygen atoms in total. The van der Waals surface area contributed by atoms with Crippen molar-refractivity contribution in [1.82, 2.24) is 0 Å². The molecule has 0 bridgehead atoms. The minimum Gasteiger partial charge on any atom is -0.423 e. The second-order valence-corrected chi connectivity index (χ2v) is 9.55. The number of carbonyl (C=O) groups is 2. The molecule has 0 aromatic heterocycles. The highest BCUT2D eigenvalue weighted by Crippen LogP contribution is 2.21. The lowest BCUT2D eigenvalue weighted by atomic mass is 10.1. The third kappa shape index (κ3) is 7.11. The van der Waals surface area contributed by atoms with Gasteiger partial charge in [-0.15, -0.1) is 0 Å². The standard InChI is InChI=1S/C36H28N2O4/c1-25-9-3-7-13-33(25)37-23-27-15-19-29(20-16-27)41-35(39)31-11-5-6-12-32(31)36(40)42-30-21-17-28(18-22-30)24-38-34-14-8-4-10-26(34)2/h3-24H,1-2H3. The Hall–Kier alpha value is -5.62. The van der Waals surface area contributed by atoms with Crippen molar-refractivity contribution in [2.24, 2.45) is 9.98 Å². The first-order chi connectivity index (χ1) is 20.5. The Morgan fingerprint density at radius 3 is 1.24 bits per heavy atom. The van der Waals surface area contributed by atoms with E-state index in [1.54, 1.807) is 73.1 Å². The van der Waals surface area contributed by atoms with Crippen molar-refractivity contribution in [2.75, 3.05) is 0 Å². The topological polar surface area (TPSA) is 77.3 Å². The first-order valence-corrected chi connectivity index (χ1v) is 13.4. The fourth-order valence-corrected chi connectivity index (χ4v) is 4.11. The van der Waals surface area contributed by atoms with Crippen LogP contribution in [0.5, 0.6) is 11.5 Å². The molecule has 5 aromatic carbocycles. The van der Waals surface area contributed by atoms with Crippen molar-refractivity contribution in [3.63, 3.8) is 0 Å². The summed E-state index contributed by atoms with van der Waals surface area (Å²) < 4.78 is 11.1. The molecule has 0 radical (unpaired) electrons. The van der Waals surface area contributed by atoms with Crippen molar-refractivity contribution < 1.29 is 19.1 Å². The van der Waals surface area contributed by atoms with Gasteiger partial charge in [-0.1, -0.05) is 48.5 Å². The normalized spacial score (nSPS) is 11.1. The van der Waals surface area contributed by atoms with Gasteiger partial charge < -0.3 is 9.47 Å². The number of aryl methyl sites for hydroxylation is 2. The van der Waals surface area contributed by atoms with Gasteiger partial charge in [-0.3, -0.25) is 9.98 Å². The molecule has 0 amide bonds. The van der Waals surface area contributed by atoms with Crippen LogP contribution in [0.4, 0.5) is 11.4 Å². The minimum absolute atomic E-state index is 0.106. The van der Waals surface area contributed by atoms with E-state index in [0.29, 0.717) is 11.5 Å². The molecule has 0 atom stereocenters. The highest BCUT2D eigenvalue weighted by atomic mass is 16.5. The number of hydrogen-bond acceptors (Lipinski definition) is 6. The molecule has 5 aromatic rings. The zero-order chi connectivity index (χ0) is 29.3. The summed E-state index contributed by atoms with van der Waals surface area (Å²) in [6, 6.07) is 36.1. The smallest absolute Gasteiger partial charge is 0.344 e. The number of rotatable bonds is 8. The molecule has 42 heavy (non-hydrogen) atoms. The third-order valence-corrected chi connectivity index (χ3v) is 6.48. The van der Waals surface area contributed by atoms with E-state index in [2.05, 4.69) is 9.98 Å². The molecular formula is C36H28N2O4. The molecule has 0 heterocycles. The van der Waals surface area contributed by atoms with E-state index in [4.69, 9.17) is 9.47 Å². The lowest BCUT2D eigenvalue weighted by Crippen LogP contribution is -2.17. The second kappa shape index (κ2) is 13.2. The maximum atomic E-state index is 13.0. The Morgan fingerprint density at radius 2 is 0.857 bits per heavy atom. The predicted octanol–water partition coefficient (Wildman–Crippen LogP) is 8.24. The molecule has 0 unspecified atom stereocenters. The van der Waals surface area contributed by atoms with Gasteiger partial charge in [-0.05, 0) is 109 Å². The average molecular weight is 553 g/mol. The number of esters is 2. The van der Waals surface area contributed by atoms with Gasteiger partial charge in [0, 0.05) is 12.4 Å². The van der Waals surface area contributed by atoms with Crippen LogP contribution in [0.1, 0.15) is 43.0 Å². The summed E-state index contributed by atoms with van der Waals surface area (Å²) in [7, 11) is 0. The van der Waals surface area contributed by atoms with Gasteiger partial charge in [0.15, 0.2) is 0 Å². The highest BCUT2D eigenvalue weighted by molar-refractivity contribution is 6.04. The first kappa shape index (κ1) is 27.9. The number of hydrogen-bond donors (Lipinski definition) is 0. The van der Waals surface area contributed by atoms with Crippen molar-refractivity contribution in [3.05, 3.63) is 155 Å². The molecule has 0 fully saturated rings. The van der Waals surface area contributed by atoms with Crippen LogP contribution in [0, 0.1) is 13.8 Å². The lowest BCUT2D eigenvalue weighted by molar-refractivity contribution is 0.0692. The van der Waals surface area contributed by atoms with Crippen LogP contribution >= 0.6 is 0 Å². The predicted molar refractivity (Wildman–Crippen MR) is 166 cm³/mol. The van der Waals surface area contributed by atoms with Crippen LogP contribution in [-0.4, -0.2) is 24.4 Å². The van der Waals surface area contributed by atoms with E-state index >= 15 is 0 Å². The lowest BCUT2D eigenvalue weighted by Gasteiger charge is -2.10. The van der Waals surface area contributed by atoms with Gasteiger partial charge >= 0.3 is 11.9 Å². The van der Waals surface area contributed by atoms with Crippen molar-refractivity contribution >= 4 is 35.7 Å². The zero-order valence-corrected chi connectivity index (χ0v) is 23.2. The van der Waals surface area contributed by atoms with Gasteiger partial charge in [0.1, 0.15) is 11.5 Å². The molecule has 0 spiro atoms. The number of nitrogens with zero attached hydrogens (tertiary/aromatic N) is 2. The summed E-state index contributed by atoms with van der Waals surface area (Å²) in [5.74, 6) is -0.628. The summed E-state index contributed by atoms with van der Waals surface area (Å²) in [4.78, 5) is 35.1. The Balaban J connectivity index is 1.22. The highest BCUT2D eigenvalue weighted by Gasteiger charge is 2.20. The number of ether oxygens (including phenoxy) is 2. The average Bonchev–Trinajstić information content (AvgIpc) is 3.01. The van der Waals surface area contributed by atoms with Crippen molar-refractivity contribution in [1.29, 1.82) is 0 Å². The fraction of sp³-hybridized carbons (Fsp3) is 0.0556. The first-order valence-electron chi connectivity index (χ1n) is 13.4. The van der Waals surface area contributed by atoms with Crippen LogP contribution in [0.25, 0.3) is 0 Å². The summed E-state index contributed by atoms with van der Waals surface area (Å²) in [6.07, 6.45) is 3.51. The van der Waals surface area contributed by atoms with E-state index in [0.717, 1.165) is 33.6 Å². The molecule has 0 N–H and O–H groups in total. The Bertz CT molecular complexity index is 1640. The summed E-state index contributed by atoms with van der Waals surface area (Å²) in [5.41, 5.74) is 5.86. The Labute approximate surface area is 244 Å². The maximum absolute atomic E-state index is 13.0. The van der Waals surface area contributed by atoms with Gasteiger partial charge in [0.25, 0.3) is 0 Å². The molecule has 5 rings (SSSR count). The molecule has 0 aliphatic heterocycles. The number of benzene rings is 5. The fourth-order valence-electron chi connectivity index (χ4n) is 4.11. The van der Waals surface area contributed by atoms with Crippen LogP contribution in [0.3, 0.4) is 0 Å². The molecular weight excluding hydrogens is 524 g/mol.